The number of ether oxygens (including phenoxy) is 3. The Labute approximate surface area is 165 Å². The van der Waals surface area contributed by atoms with Crippen molar-refractivity contribution in [2.24, 2.45) is 0 Å². The molecule has 0 aliphatic carbocycles. The highest BCUT2D eigenvalue weighted by molar-refractivity contribution is 5.89. The Balaban J connectivity index is 1.38. The lowest BCUT2D eigenvalue weighted by Crippen LogP contribution is -2.50. The monoisotopic (exact) mass is 385 g/mol. The second-order valence-corrected chi connectivity index (χ2v) is 6.51. The van der Waals surface area contributed by atoms with Crippen molar-refractivity contribution in [2.75, 3.05) is 58.9 Å². The average molecular weight is 385 g/mol. The Morgan fingerprint density at radius 1 is 0.929 bits per heavy atom. The van der Waals surface area contributed by atoms with Gasteiger partial charge in [0.05, 0.1) is 14.2 Å². The summed E-state index contributed by atoms with van der Waals surface area (Å²) in [6.45, 7) is 4.49. The van der Waals surface area contributed by atoms with Crippen molar-refractivity contribution in [1.29, 1.82) is 0 Å². The summed E-state index contributed by atoms with van der Waals surface area (Å²) in [4.78, 5) is 16.6. The Morgan fingerprint density at radius 2 is 1.61 bits per heavy atom. The van der Waals surface area contributed by atoms with Crippen LogP contribution in [-0.2, 0) is 0 Å². The molecule has 3 rings (SSSR count). The summed E-state index contributed by atoms with van der Waals surface area (Å²) >= 11 is 0. The van der Waals surface area contributed by atoms with Crippen LogP contribution in [0, 0.1) is 0 Å². The minimum absolute atomic E-state index is 0.0811. The van der Waals surface area contributed by atoms with Crippen LogP contribution in [0.15, 0.2) is 48.5 Å². The Morgan fingerprint density at radius 3 is 2.29 bits per heavy atom. The largest absolute Gasteiger partial charge is 0.497 e. The Hall–Kier alpha value is -2.93. The maximum atomic E-state index is 12.4. The number of urea groups is 1. The van der Waals surface area contributed by atoms with E-state index >= 15 is 0 Å². The topological polar surface area (TPSA) is 63.3 Å². The first-order valence-electron chi connectivity index (χ1n) is 9.37. The third kappa shape index (κ3) is 5.53. The van der Waals surface area contributed by atoms with Crippen LogP contribution in [0.1, 0.15) is 0 Å². The van der Waals surface area contributed by atoms with Crippen molar-refractivity contribution in [2.45, 2.75) is 0 Å². The average Bonchev–Trinajstić information content (AvgIpc) is 2.75. The van der Waals surface area contributed by atoms with Gasteiger partial charge >= 0.3 is 6.03 Å². The lowest BCUT2D eigenvalue weighted by atomic mass is 10.3. The zero-order chi connectivity index (χ0) is 19.8. The van der Waals surface area contributed by atoms with Gasteiger partial charge in [-0.05, 0) is 36.4 Å². The van der Waals surface area contributed by atoms with Crippen molar-refractivity contribution in [3.63, 3.8) is 0 Å². The number of nitrogens with one attached hydrogen (secondary N) is 1. The normalized spacial score (nSPS) is 14.4. The molecule has 0 atom stereocenters. The fraction of sp³-hybridized carbons (Fsp3) is 0.381. The Kier molecular flexibility index (Phi) is 6.97. The SMILES string of the molecule is COc1ccc(OCCN2CCN(C(=O)Nc3cccc(OC)c3)CC2)cc1. The molecule has 7 nitrogen and oxygen atoms in total. The predicted molar refractivity (Wildman–Crippen MR) is 109 cm³/mol. The molecule has 1 fully saturated rings. The molecular weight excluding hydrogens is 358 g/mol. The summed E-state index contributed by atoms with van der Waals surface area (Å²) in [5, 5.41) is 2.93. The van der Waals surface area contributed by atoms with E-state index in [0.717, 1.165) is 42.6 Å². The molecular formula is C21H27N3O4. The fourth-order valence-electron chi connectivity index (χ4n) is 3.04. The highest BCUT2D eigenvalue weighted by atomic mass is 16.5. The zero-order valence-corrected chi connectivity index (χ0v) is 16.4. The highest BCUT2D eigenvalue weighted by Gasteiger charge is 2.21. The molecule has 0 spiro atoms. The lowest BCUT2D eigenvalue weighted by Gasteiger charge is -2.34. The van der Waals surface area contributed by atoms with Gasteiger partial charge in [0.15, 0.2) is 0 Å². The van der Waals surface area contributed by atoms with Crippen LogP contribution in [0.3, 0.4) is 0 Å². The van der Waals surface area contributed by atoms with E-state index in [1.54, 1.807) is 14.2 Å². The molecule has 7 heteroatoms. The molecule has 0 saturated carbocycles. The van der Waals surface area contributed by atoms with E-state index in [9.17, 15) is 4.79 Å². The molecule has 2 amide bonds. The van der Waals surface area contributed by atoms with Gasteiger partial charge in [-0.25, -0.2) is 4.79 Å². The van der Waals surface area contributed by atoms with Gasteiger partial charge in [-0.3, -0.25) is 4.90 Å². The maximum absolute atomic E-state index is 12.4. The van der Waals surface area contributed by atoms with Crippen LogP contribution in [0.25, 0.3) is 0 Å². The number of amides is 2. The van der Waals surface area contributed by atoms with Gasteiger partial charge < -0.3 is 24.4 Å². The third-order valence-electron chi connectivity index (χ3n) is 4.72. The van der Waals surface area contributed by atoms with Crippen molar-refractivity contribution >= 4 is 11.7 Å². The summed E-state index contributed by atoms with van der Waals surface area (Å²) in [5.74, 6) is 2.37. The molecule has 28 heavy (non-hydrogen) atoms. The molecule has 1 heterocycles. The van der Waals surface area contributed by atoms with Gasteiger partial charge in [-0.1, -0.05) is 6.07 Å². The van der Waals surface area contributed by atoms with Gasteiger partial charge in [-0.15, -0.1) is 0 Å². The van der Waals surface area contributed by atoms with Gasteiger partial charge in [0.25, 0.3) is 0 Å². The van der Waals surface area contributed by atoms with Crippen LogP contribution < -0.4 is 19.5 Å². The van der Waals surface area contributed by atoms with Crippen molar-refractivity contribution in [3.05, 3.63) is 48.5 Å². The number of nitrogens with zero attached hydrogens (tertiary/aromatic N) is 2. The quantitative estimate of drug-likeness (QED) is 0.794. The second-order valence-electron chi connectivity index (χ2n) is 6.51. The number of hydrogen-bond donors (Lipinski definition) is 1. The molecule has 0 aromatic heterocycles. The molecule has 1 saturated heterocycles. The number of rotatable bonds is 7. The Bertz CT molecular complexity index is 759. The van der Waals surface area contributed by atoms with Gasteiger partial charge in [-0.2, -0.15) is 0 Å². The molecule has 1 aliphatic rings. The molecule has 2 aromatic rings. The summed E-state index contributed by atoms with van der Waals surface area (Å²) in [7, 11) is 3.25. The fourth-order valence-corrected chi connectivity index (χ4v) is 3.04. The molecule has 1 N–H and O–H groups in total. The van der Waals surface area contributed by atoms with Crippen LogP contribution >= 0.6 is 0 Å². The first-order valence-corrected chi connectivity index (χ1v) is 9.37. The van der Waals surface area contributed by atoms with E-state index in [4.69, 9.17) is 14.2 Å². The molecule has 2 aromatic carbocycles. The van der Waals surface area contributed by atoms with Crippen molar-refractivity contribution in [1.82, 2.24) is 9.80 Å². The van der Waals surface area contributed by atoms with E-state index in [1.165, 1.54) is 0 Å². The standard InChI is InChI=1S/C21H27N3O4/c1-26-18-6-8-19(9-7-18)28-15-14-23-10-12-24(13-11-23)21(25)22-17-4-3-5-20(16-17)27-2/h3-9,16H,10-15H2,1-2H3,(H,22,25). The number of methoxy groups -OCH3 is 2. The number of anilines is 1. The molecule has 150 valence electrons. The summed E-state index contributed by atoms with van der Waals surface area (Å²) in [5.41, 5.74) is 0.736. The number of benzene rings is 2. The van der Waals surface area contributed by atoms with E-state index in [1.807, 2.05) is 53.4 Å². The van der Waals surface area contributed by atoms with Crippen LogP contribution in [-0.4, -0.2) is 69.4 Å². The summed E-state index contributed by atoms with van der Waals surface area (Å²) in [6, 6.07) is 14.9. The van der Waals surface area contributed by atoms with E-state index in [2.05, 4.69) is 10.2 Å². The number of piperazine rings is 1. The number of carbonyl (C=O) groups excluding carboxylic acids is 1. The molecule has 0 radical (unpaired) electrons. The predicted octanol–water partition coefficient (Wildman–Crippen LogP) is 2.93. The minimum atomic E-state index is -0.0811. The maximum Gasteiger partial charge on any atom is 0.321 e. The van der Waals surface area contributed by atoms with Gasteiger partial charge in [0.1, 0.15) is 23.9 Å². The lowest BCUT2D eigenvalue weighted by molar-refractivity contribution is 0.132. The zero-order valence-electron chi connectivity index (χ0n) is 16.4. The number of carbonyl (C=O) groups is 1. The first-order chi connectivity index (χ1) is 13.7. The van der Waals surface area contributed by atoms with E-state index in [-0.39, 0.29) is 6.03 Å². The first kappa shape index (κ1) is 19.8. The third-order valence-corrected chi connectivity index (χ3v) is 4.72. The minimum Gasteiger partial charge on any atom is -0.497 e. The molecule has 0 unspecified atom stereocenters. The van der Waals surface area contributed by atoms with Crippen LogP contribution in [0.5, 0.6) is 17.2 Å². The van der Waals surface area contributed by atoms with Gasteiger partial charge in [0.2, 0.25) is 0 Å². The highest BCUT2D eigenvalue weighted by Crippen LogP contribution is 2.18. The van der Waals surface area contributed by atoms with Crippen LogP contribution in [0.4, 0.5) is 10.5 Å². The molecule has 0 bridgehead atoms. The smallest absolute Gasteiger partial charge is 0.321 e. The summed E-state index contributed by atoms with van der Waals surface area (Å²) in [6.07, 6.45) is 0. The summed E-state index contributed by atoms with van der Waals surface area (Å²) < 4.78 is 16.1. The molecule has 1 aliphatic heterocycles. The van der Waals surface area contributed by atoms with E-state index in [0.29, 0.717) is 19.7 Å². The van der Waals surface area contributed by atoms with Crippen LogP contribution in [0.2, 0.25) is 0 Å². The van der Waals surface area contributed by atoms with E-state index < -0.39 is 0 Å². The number of hydrogen-bond acceptors (Lipinski definition) is 5. The van der Waals surface area contributed by atoms with Crippen molar-refractivity contribution < 1.29 is 19.0 Å². The van der Waals surface area contributed by atoms with Crippen molar-refractivity contribution in [3.8, 4) is 17.2 Å². The second kappa shape index (κ2) is 9.85. The van der Waals surface area contributed by atoms with Gasteiger partial charge in [0, 0.05) is 44.5 Å².